The second-order valence-corrected chi connectivity index (χ2v) is 6.96. The molecule has 0 atom stereocenters. The Morgan fingerprint density at radius 3 is 2.70 bits per heavy atom. The standard InChI is InChI=1S/C16H17ClN4O2/c1-2-20-7-11(13(22)10-6-12(17)18-19-14(10)20)15(23)21-8-16(9-21)4-3-5-16/h6-7H,2-5,8-9H2,1H3. The number of carbonyl (C=O) groups is 1. The van der Waals surface area contributed by atoms with E-state index >= 15 is 0 Å². The number of fused-ring (bicyclic) bond motifs is 1. The smallest absolute Gasteiger partial charge is 0.259 e. The maximum Gasteiger partial charge on any atom is 0.259 e. The summed E-state index contributed by atoms with van der Waals surface area (Å²) in [6, 6.07) is 1.48. The maximum atomic E-state index is 12.7. The van der Waals surface area contributed by atoms with Crippen LogP contribution in [-0.4, -0.2) is 38.7 Å². The van der Waals surface area contributed by atoms with Crippen molar-refractivity contribution in [2.45, 2.75) is 32.7 Å². The molecule has 0 aromatic carbocycles. The van der Waals surface area contributed by atoms with Crippen molar-refractivity contribution in [2.75, 3.05) is 13.1 Å². The van der Waals surface area contributed by atoms with Crippen LogP contribution in [0.3, 0.4) is 0 Å². The predicted octanol–water partition coefficient (Wildman–Crippen LogP) is 2.09. The summed E-state index contributed by atoms with van der Waals surface area (Å²) in [4.78, 5) is 27.2. The zero-order valence-corrected chi connectivity index (χ0v) is 13.6. The lowest BCUT2D eigenvalue weighted by molar-refractivity contribution is -0.0427. The van der Waals surface area contributed by atoms with E-state index in [0.29, 0.717) is 23.0 Å². The summed E-state index contributed by atoms with van der Waals surface area (Å²) in [6.45, 7) is 4.06. The number of hydrogen-bond donors (Lipinski definition) is 0. The summed E-state index contributed by atoms with van der Waals surface area (Å²) in [5, 5.41) is 8.28. The van der Waals surface area contributed by atoms with Crippen molar-refractivity contribution in [3.8, 4) is 0 Å². The van der Waals surface area contributed by atoms with E-state index in [1.807, 2.05) is 6.92 Å². The van der Waals surface area contributed by atoms with E-state index in [9.17, 15) is 9.59 Å². The molecule has 1 saturated carbocycles. The van der Waals surface area contributed by atoms with Gasteiger partial charge < -0.3 is 9.47 Å². The number of pyridine rings is 1. The lowest BCUT2D eigenvalue weighted by Crippen LogP contribution is -2.61. The molecule has 23 heavy (non-hydrogen) atoms. The van der Waals surface area contributed by atoms with Gasteiger partial charge in [-0.25, -0.2) is 0 Å². The molecule has 6 nitrogen and oxygen atoms in total. The molecular weight excluding hydrogens is 316 g/mol. The van der Waals surface area contributed by atoms with Crippen molar-refractivity contribution < 1.29 is 4.79 Å². The number of aromatic nitrogens is 3. The van der Waals surface area contributed by atoms with Crippen LogP contribution in [0.15, 0.2) is 17.1 Å². The Bertz CT molecular complexity index is 864. The molecule has 2 aromatic heterocycles. The molecule has 1 aliphatic heterocycles. The molecule has 120 valence electrons. The summed E-state index contributed by atoms with van der Waals surface area (Å²) >= 11 is 5.87. The molecular formula is C16H17ClN4O2. The summed E-state index contributed by atoms with van der Waals surface area (Å²) < 4.78 is 1.77. The molecule has 1 saturated heterocycles. The number of aryl methyl sites for hydroxylation is 1. The van der Waals surface area contributed by atoms with Crippen molar-refractivity contribution >= 4 is 28.5 Å². The highest BCUT2D eigenvalue weighted by Crippen LogP contribution is 2.48. The Balaban J connectivity index is 1.76. The van der Waals surface area contributed by atoms with Crippen LogP contribution in [0.2, 0.25) is 5.15 Å². The Kier molecular flexibility index (Phi) is 3.20. The van der Waals surface area contributed by atoms with Gasteiger partial charge in [-0.3, -0.25) is 9.59 Å². The molecule has 7 heteroatoms. The third-order valence-corrected chi connectivity index (χ3v) is 5.30. The van der Waals surface area contributed by atoms with E-state index in [0.717, 1.165) is 13.1 Å². The molecule has 3 heterocycles. The summed E-state index contributed by atoms with van der Waals surface area (Å²) in [6.07, 6.45) is 5.23. The van der Waals surface area contributed by atoms with Crippen LogP contribution >= 0.6 is 11.6 Å². The van der Waals surface area contributed by atoms with Gasteiger partial charge in [0.25, 0.3) is 5.91 Å². The fourth-order valence-electron chi connectivity index (χ4n) is 3.63. The normalized spacial score (nSPS) is 18.8. The van der Waals surface area contributed by atoms with Crippen LogP contribution in [0.5, 0.6) is 0 Å². The van der Waals surface area contributed by atoms with Crippen LogP contribution < -0.4 is 5.43 Å². The van der Waals surface area contributed by atoms with Crippen LogP contribution in [0.25, 0.3) is 11.0 Å². The number of likely N-dealkylation sites (tertiary alicyclic amines) is 1. The minimum atomic E-state index is -0.318. The third kappa shape index (κ3) is 2.16. The highest BCUT2D eigenvalue weighted by atomic mass is 35.5. The zero-order valence-electron chi connectivity index (χ0n) is 12.9. The van der Waals surface area contributed by atoms with Gasteiger partial charge >= 0.3 is 0 Å². The first-order valence-corrected chi connectivity index (χ1v) is 8.26. The number of nitrogens with zero attached hydrogens (tertiary/aromatic N) is 4. The van der Waals surface area contributed by atoms with Gasteiger partial charge in [-0.1, -0.05) is 18.0 Å². The molecule has 1 amide bonds. The highest BCUT2D eigenvalue weighted by molar-refractivity contribution is 6.29. The summed E-state index contributed by atoms with van der Waals surface area (Å²) in [5.41, 5.74) is 0.668. The van der Waals surface area contributed by atoms with Crippen molar-refractivity contribution in [2.24, 2.45) is 5.41 Å². The SMILES string of the molecule is CCn1cc(C(=O)N2CC3(CCC3)C2)c(=O)c2cc(Cl)nnc21. The van der Waals surface area contributed by atoms with Crippen molar-refractivity contribution in [1.29, 1.82) is 0 Å². The first kappa shape index (κ1) is 14.6. The molecule has 0 N–H and O–H groups in total. The van der Waals surface area contributed by atoms with Gasteiger partial charge in [0.1, 0.15) is 5.56 Å². The van der Waals surface area contributed by atoms with Gasteiger partial charge in [-0.05, 0) is 25.8 Å². The summed E-state index contributed by atoms with van der Waals surface area (Å²) in [7, 11) is 0. The van der Waals surface area contributed by atoms with Crippen molar-refractivity contribution in [1.82, 2.24) is 19.7 Å². The average Bonchev–Trinajstić information content (AvgIpc) is 2.45. The molecule has 0 bridgehead atoms. The maximum absolute atomic E-state index is 12.7. The molecule has 1 aliphatic carbocycles. The minimum absolute atomic E-state index is 0.152. The first-order valence-electron chi connectivity index (χ1n) is 7.89. The van der Waals surface area contributed by atoms with Crippen molar-refractivity contribution in [3.63, 3.8) is 0 Å². The highest BCUT2D eigenvalue weighted by Gasteiger charge is 2.49. The van der Waals surface area contributed by atoms with Crippen LogP contribution in [0.1, 0.15) is 36.5 Å². The van der Waals surface area contributed by atoms with Gasteiger partial charge in [-0.15, -0.1) is 10.2 Å². The van der Waals surface area contributed by atoms with Crippen molar-refractivity contribution in [3.05, 3.63) is 33.2 Å². The van der Waals surface area contributed by atoms with Gasteiger partial charge in [0.15, 0.2) is 10.8 Å². The minimum Gasteiger partial charge on any atom is -0.337 e. The van der Waals surface area contributed by atoms with E-state index in [2.05, 4.69) is 10.2 Å². The van der Waals surface area contributed by atoms with E-state index in [4.69, 9.17) is 11.6 Å². The predicted molar refractivity (Wildman–Crippen MR) is 86.7 cm³/mol. The van der Waals surface area contributed by atoms with Gasteiger partial charge in [-0.2, -0.15) is 0 Å². The number of rotatable bonds is 2. The second kappa shape index (κ2) is 5.03. The molecule has 1 spiro atoms. The van der Waals surface area contributed by atoms with Crippen LogP contribution in [0.4, 0.5) is 0 Å². The third-order valence-electron chi connectivity index (χ3n) is 5.12. The molecule has 0 radical (unpaired) electrons. The zero-order chi connectivity index (χ0) is 16.2. The fraction of sp³-hybridized carbons (Fsp3) is 0.500. The van der Waals surface area contributed by atoms with E-state index in [1.165, 1.54) is 25.3 Å². The molecule has 2 aliphatic rings. The molecule has 2 fully saturated rings. The number of amides is 1. The Morgan fingerprint density at radius 2 is 2.09 bits per heavy atom. The number of carbonyl (C=O) groups excluding carboxylic acids is 1. The van der Waals surface area contributed by atoms with Gasteiger partial charge in [0.2, 0.25) is 5.43 Å². The van der Waals surface area contributed by atoms with Gasteiger partial charge in [0.05, 0.1) is 5.39 Å². The van der Waals surface area contributed by atoms with E-state index in [1.54, 1.807) is 15.7 Å². The molecule has 2 aromatic rings. The quantitative estimate of drug-likeness (QED) is 0.844. The topological polar surface area (TPSA) is 68.1 Å². The average molecular weight is 333 g/mol. The lowest BCUT2D eigenvalue weighted by Gasteiger charge is -2.55. The van der Waals surface area contributed by atoms with Crippen LogP contribution in [0, 0.1) is 5.41 Å². The lowest BCUT2D eigenvalue weighted by atomic mass is 9.63. The Labute approximate surface area is 138 Å². The number of halogens is 1. The molecule has 4 rings (SSSR count). The first-order chi connectivity index (χ1) is 11.0. The monoisotopic (exact) mass is 332 g/mol. The summed E-state index contributed by atoms with van der Waals surface area (Å²) in [5.74, 6) is -0.190. The van der Waals surface area contributed by atoms with Crippen LogP contribution in [-0.2, 0) is 6.54 Å². The second-order valence-electron chi connectivity index (χ2n) is 6.58. The Hall–Kier alpha value is -1.95. The van der Waals surface area contributed by atoms with E-state index in [-0.39, 0.29) is 22.1 Å². The fourth-order valence-corrected chi connectivity index (χ4v) is 3.77. The van der Waals surface area contributed by atoms with E-state index < -0.39 is 0 Å². The Morgan fingerprint density at radius 1 is 1.35 bits per heavy atom. The molecule has 0 unspecified atom stereocenters. The number of hydrogen-bond acceptors (Lipinski definition) is 4. The van der Waals surface area contributed by atoms with Gasteiger partial charge in [0, 0.05) is 31.2 Å². The largest absolute Gasteiger partial charge is 0.337 e.